The molecule has 3 aliphatic rings. The first kappa shape index (κ1) is 16.6. The summed E-state index contributed by atoms with van der Waals surface area (Å²) in [5.41, 5.74) is 3.47. The normalized spacial score (nSPS) is 25.3. The molecule has 1 aromatic carbocycles. The van der Waals surface area contributed by atoms with E-state index in [1.807, 2.05) is 28.9 Å². The Bertz CT molecular complexity index is 933. The maximum absolute atomic E-state index is 12.8. The number of hydrogen-bond donors (Lipinski definition) is 3. The Labute approximate surface area is 156 Å². The molecule has 0 radical (unpaired) electrons. The van der Waals surface area contributed by atoms with Crippen LogP contribution in [-0.2, 0) is 16.6 Å². The number of aryl methyl sites for hydroxylation is 1. The molecule has 8 heteroatoms. The number of carbonyl (C=O) groups is 1. The summed E-state index contributed by atoms with van der Waals surface area (Å²) in [6.45, 7) is 1.29. The van der Waals surface area contributed by atoms with Crippen molar-refractivity contribution < 1.29 is 14.6 Å². The van der Waals surface area contributed by atoms with Gasteiger partial charge in [-0.05, 0) is 42.9 Å². The number of benzene rings is 1. The van der Waals surface area contributed by atoms with Gasteiger partial charge < -0.3 is 20.5 Å². The third-order valence-electron chi connectivity index (χ3n) is 5.55. The van der Waals surface area contributed by atoms with E-state index in [1.54, 1.807) is 0 Å². The number of nitrogens with one attached hydrogen (secondary N) is 2. The lowest BCUT2D eigenvalue weighted by atomic mass is 10.1. The predicted octanol–water partition coefficient (Wildman–Crippen LogP) is 1.20. The van der Waals surface area contributed by atoms with Crippen molar-refractivity contribution in [3.05, 3.63) is 35.9 Å². The van der Waals surface area contributed by atoms with Gasteiger partial charge in [-0.15, -0.1) is 0 Å². The van der Waals surface area contributed by atoms with E-state index in [4.69, 9.17) is 4.74 Å². The van der Waals surface area contributed by atoms with Gasteiger partial charge in [-0.2, -0.15) is 5.10 Å². The summed E-state index contributed by atoms with van der Waals surface area (Å²) in [5, 5.41) is 21.1. The highest BCUT2D eigenvalue weighted by Gasteiger charge is 2.33. The van der Waals surface area contributed by atoms with E-state index < -0.39 is 6.35 Å². The Morgan fingerprint density at radius 3 is 2.96 bits per heavy atom. The third-order valence-corrected chi connectivity index (χ3v) is 5.55. The van der Waals surface area contributed by atoms with E-state index >= 15 is 0 Å². The fourth-order valence-corrected chi connectivity index (χ4v) is 3.86. The largest absolute Gasteiger partial charge is 0.462 e. The minimum Gasteiger partial charge on any atom is -0.462 e. The molecule has 2 fully saturated rings. The first-order valence-electron chi connectivity index (χ1n) is 9.40. The fraction of sp³-hybridized carbons (Fsp3) is 0.474. The van der Waals surface area contributed by atoms with Crippen LogP contribution in [0.1, 0.15) is 30.7 Å². The zero-order valence-corrected chi connectivity index (χ0v) is 15.2. The number of rotatable bonds is 4. The number of anilines is 1. The minimum absolute atomic E-state index is 0.220. The van der Waals surface area contributed by atoms with Crippen LogP contribution in [-0.4, -0.2) is 51.2 Å². The van der Waals surface area contributed by atoms with Crippen molar-refractivity contribution in [3.63, 3.8) is 0 Å². The van der Waals surface area contributed by atoms with Crippen molar-refractivity contribution in [1.82, 2.24) is 20.0 Å². The number of aliphatic hydroxyl groups is 1. The van der Waals surface area contributed by atoms with Gasteiger partial charge in [0, 0.05) is 31.2 Å². The third kappa shape index (κ3) is 3.04. The van der Waals surface area contributed by atoms with Crippen molar-refractivity contribution in [2.75, 3.05) is 18.4 Å². The summed E-state index contributed by atoms with van der Waals surface area (Å²) < 4.78 is 7.45. The molecular formula is C19H23N5O3. The van der Waals surface area contributed by atoms with Gasteiger partial charge in [-0.25, -0.2) is 4.90 Å². The maximum Gasteiger partial charge on any atom is 0.275 e. The van der Waals surface area contributed by atoms with Crippen LogP contribution in [0, 0.1) is 0 Å². The average molecular weight is 369 g/mol. The van der Waals surface area contributed by atoms with E-state index in [2.05, 4.69) is 21.8 Å². The molecule has 3 heterocycles. The second-order valence-electron chi connectivity index (χ2n) is 7.60. The minimum atomic E-state index is -0.397. The summed E-state index contributed by atoms with van der Waals surface area (Å²) in [4.78, 5) is 14.8. The van der Waals surface area contributed by atoms with Gasteiger partial charge in [-0.3, -0.25) is 9.48 Å². The predicted molar refractivity (Wildman–Crippen MR) is 99.6 cm³/mol. The summed E-state index contributed by atoms with van der Waals surface area (Å²) in [6.07, 6.45) is 5.56. The van der Waals surface area contributed by atoms with Crippen LogP contribution in [0.5, 0.6) is 0 Å². The van der Waals surface area contributed by atoms with Crippen molar-refractivity contribution in [1.29, 1.82) is 0 Å². The lowest BCUT2D eigenvalue weighted by Gasteiger charge is -2.23. The summed E-state index contributed by atoms with van der Waals surface area (Å²) >= 11 is 0. The molecule has 2 unspecified atom stereocenters. The van der Waals surface area contributed by atoms with E-state index in [1.165, 1.54) is 6.26 Å². The fourth-order valence-electron chi connectivity index (χ4n) is 3.86. The van der Waals surface area contributed by atoms with Gasteiger partial charge >= 0.3 is 0 Å². The number of hydrogen-bond acceptors (Lipinski definition) is 6. The number of carbonyl (C=O) groups excluding carboxylic acids is 1. The molecule has 2 atom stereocenters. The molecule has 2 aliphatic heterocycles. The average Bonchev–Trinajstić information content (AvgIpc) is 3.04. The maximum atomic E-state index is 12.8. The molecule has 1 saturated heterocycles. The van der Waals surface area contributed by atoms with E-state index in [9.17, 15) is 9.90 Å². The molecule has 1 aliphatic carbocycles. The van der Waals surface area contributed by atoms with Gasteiger partial charge in [0.25, 0.3) is 5.91 Å². The number of aromatic nitrogens is 2. The van der Waals surface area contributed by atoms with Gasteiger partial charge in [0.05, 0.1) is 17.8 Å². The van der Waals surface area contributed by atoms with Crippen LogP contribution >= 0.6 is 0 Å². The Hall–Kier alpha value is -2.58. The second-order valence-corrected chi connectivity index (χ2v) is 7.60. The van der Waals surface area contributed by atoms with Crippen LogP contribution in [0.15, 0.2) is 30.3 Å². The molecule has 1 aromatic heterocycles. The monoisotopic (exact) mass is 369 g/mol. The van der Waals surface area contributed by atoms with Crippen LogP contribution in [0.2, 0.25) is 0 Å². The van der Waals surface area contributed by atoms with Crippen molar-refractivity contribution in [2.45, 2.75) is 37.6 Å². The molecule has 142 valence electrons. The molecule has 2 aromatic rings. The molecule has 3 N–H and O–H groups in total. The Balaban J connectivity index is 1.33. The number of aliphatic hydroxyl groups excluding tert-OH is 1. The van der Waals surface area contributed by atoms with Gasteiger partial charge in [0.2, 0.25) is 6.35 Å². The smallest absolute Gasteiger partial charge is 0.275 e. The highest BCUT2D eigenvalue weighted by atomic mass is 16.5. The molecular weight excluding hydrogens is 346 g/mol. The van der Waals surface area contributed by atoms with Crippen molar-refractivity contribution in [3.8, 4) is 0 Å². The van der Waals surface area contributed by atoms with Crippen LogP contribution in [0.3, 0.4) is 0 Å². The number of ether oxygens (including phenoxy) is 1. The van der Waals surface area contributed by atoms with E-state index in [0.717, 1.165) is 48.0 Å². The Morgan fingerprint density at radius 2 is 2.22 bits per heavy atom. The summed E-state index contributed by atoms with van der Waals surface area (Å²) in [5.74, 6) is 0.280. The number of likely N-dealkylation sites (tertiary alicyclic amines) is 1. The molecule has 5 rings (SSSR count). The molecule has 0 bridgehead atoms. The standard InChI is InChI=1S/C19H23N5O3/c1-23-17-7-14(11-2-3-11)15(6-12(17)8-20-23)21-18(26)16-10-27-19(22-16)24-5-4-13(25)9-24/h6-8,10-11,13,19,22,25H,2-5,9H2,1H3,(H,21,26). The number of fused-ring (bicyclic) bond motifs is 1. The van der Waals surface area contributed by atoms with Gasteiger partial charge in [0.15, 0.2) is 0 Å². The lowest BCUT2D eigenvalue weighted by Crippen LogP contribution is -2.43. The van der Waals surface area contributed by atoms with Crippen molar-refractivity contribution in [2.24, 2.45) is 7.05 Å². The first-order valence-corrected chi connectivity index (χ1v) is 9.40. The SMILES string of the molecule is Cn1ncc2cc(NC(=O)C3=COC(N4CCC(O)C4)N3)c(C3CC3)cc21. The number of β-amino-alcohol motifs (C(OH)–C–C–N with tert-alkyl or cyclic N) is 1. The Morgan fingerprint density at radius 1 is 1.37 bits per heavy atom. The van der Waals surface area contributed by atoms with E-state index in [-0.39, 0.29) is 12.0 Å². The lowest BCUT2D eigenvalue weighted by molar-refractivity contribution is -0.113. The van der Waals surface area contributed by atoms with Crippen LogP contribution in [0.25, 0.3) is 10.9 Å². The van der Waals surface area contributed by atoms with E-state index in [0.29, 0.717) is 18.2 Å². The van der Waals surface area contributed by atoms with Crippen LogP contribution < -0.4 is 10.6 Å². The highest BCUT2D eigenvalue weighted by Crippen LogP contribution is 2.44. The quantitative estimate of drug-likeness (QED) is 0.750. The summed E-state index contributed by atoms with van der Waals surface area (Å²) in [6, 6.07) is 4.13. The highest BCUT2D eigenvalue weighted by molar-refractivity contribution is 6.05. The topological polar surface area (TPSA) is 91.7 Å². The molecule has 27 heavy (non-hydrogen) atoms. The Kier molecular flexibility index (Phi) is 3.84. The zero-order valence-electron chi connectivity index (χ0n) is 15.2. The first-order chi connectivity index (χ1) is 13.1. The summed E-state index contributed by atoms with van der Waals surface area (Å²) in [7, 11) is 1.93. The van der Waals surface area contributed by atoms with Gasteiger partial charge in [-0.1, -0.05) is 0 Å². The zero-order chi connectivity index (χ0) is 18.5. The van der Waals surface area contributed by atoms with Crippen molar-refractivity contribution >= 4 is 22.5 Å². The molecule has 8 nitrogen and oxygen atoms in total. The number of amides is 1. The molecule has 0 spiro atoms. The number of nitrogens with zero attached hydrogens (tertiary/aromatic N) is 3. The second kappa shape index (κ2) is 6.24. The van der Waals surface area contributed by atoms with Gasteiger partial charge in [0.1, 0.15) is 12.0 Å². The molecule has 1 amide bonds. The molecule has 1 saturated carbocycles. The van der Waals surface area contributed by atoms with Crippen LogP contribution in [0.4, 0.5) is 5.69 Å².